The van der Waals surface area contributed by atoms with E-state index < -0.39 is 6.10 Å². The van der Waals surface area contributed by atoms with Crippen LogP contribution in [0.5, 0.6) is 0 Å². The van der Waals surface area contributed by atoms with Gasteiger partial charge in [-0.05, 0) is 13.8 Å². The van der Waals surface area contributed by atoms with E-state index in [9.17, 15) is 9.90 Å². The van der Waals surface area contributed by atoms with Crippen molar-refractivity contribution >= 4 is 5.91 Å². The van der Waals surface area contributed by atoms with Gasteiger partial charge in [-0.25, -0.2) is 0 Å². The molecule has 0 saturated carbocycles. The molecule has 116 valence electrons. The number of piperazine rings is 1. The van der Waals surface area contributed by atoms with E-state index in [4.69, 9.17) is 0 Å². The molecule has 2 heterocycles. The number of quaternary nitrogens is 1. The standard InChI is InChI=1S/C15H30N3O2/c1-12(2)16-6-8-17(9-7-16)15(20)13-5-10-18(3,4)11-14(13)19/h12-14,19H,5-11H2,1-4H3/q+1. The third kappa shape index (κ3) is 3.51. The lowest BCUT2D eigenvalue weighted by Gasteiger charge is -2.43. The van der Waals surface area contributed by atoms with E-state index in [1.807, 2.05) is 4.90 Å². The third-order valence-electron chi connectivity index (χ3n) is 4.86. The van der Waals surface area contributed by atoms with Crippen LogP contribution in [0.2, 0.25) is 0 Å². The van der Waals surface area contributed by atoms with Crippen molar-refractivity contribution in [1.82, 2.24) is 9.80 Å². The molecule has 1 amide bonds. The minimum Gasteiger partial charge on any atom is -0.386 e. The quantitative estimate of drug-likeness (QED) is 0.726. The maximum atomic E-state index is 12.6. The molecule has 5 heteroatoms. The molecule has 2 fully saturated rings. The second kappa shape index (κ2) is 6.00. The van der Waals surface area contributed by atoms with Crippen LogP contribution in [0, 0.1) is 5.92 Å². The first-order valence-electron chi connectivity index (χ1n) is 7.83. The number of aliphatic hydroxyl groups is 1. The van der Waals surface area contributed by atoms with Gasteiger partial charge in [0.15, 0.2) is 0 Å². The molecule has 2 saturated heterocycles. The van der Waals surface area contributed by atoms with Gasteiger partial charge in [0, 0.05) is 38.6 Å². The van der Waals surface area contributed by atoms with Crippen LogP contribution in [0.3, 0.4) is 0 Å². The van der Waals surface area contributed by atoms with Crippen molar-refractivity contribution in [2.24, 2.45) is 5.92 Å². The zero-order valence-electron chi connectivity index (χ0n) is 13.4. The first kappa shape index (κ1) is 15.7. The smallest absolute Gasteiger partial charge is 0.228 e. The fourth-order valence-corrected chi connectivity index (χ4v) is 3.39. The molecule has 0 aromatic carbocycles. The Labute approximate surface area is 122 Å². The van der Waals surface area contributed by atoms with Gasteiger partial charge >= 0.3 is 0 Å². The van der Waals surface area contributed by atoms with Gasteiger partial charge in [0.25, 0.3) is 0 Å². The molecule has 2 unspecified atom stereocenters. The van der Waals surface area contributed by atoms with Crippen molar-refractivity contribution in [1.29, 1.82) is 0 Å². The molecular formula is C15H30N3O2+. The lowest BCUT2D eigenvalue weighted by Crippen LogP contribution is -2.58. The first-order valence-corrected chi connectivity index (χ1v) is 7.83. The summed E-state index contributed by atoms with van der Waals surface area (Å²) in [5.41, 5.74) is 0. The average Bonchev–Trinajstić information content (AvgIpc) is 2.37. The van der Waals surface area contributed by atoms with E-state index in [-0.39, 0.29) is 11.8 Å². The van der Waals surface area contributed by atoms with Crippen LogP contribution in [-0.2, 0) is 4.79 Å². The predicted octanol–water partition coefficient (Wildman–Crippen LogP) is -0.00380. The van der Waals surface area contributed by atoms with Gasteiger partial charge in [0.2, 0.25) is 5.91 Å². The van der Waals surface area contributed by atoms with Gasteiger partial charge in [-0.3, -0.25) is 9.69 Å². The molecule has 5 nitrogen and oxygen atoms in total. The molecule has 0 spiro atoms. The van der Waals surface area contributed by atoms with Gasteiger partial charge in [0.1, 0.15) is 12.6 Å². The number of rotatable bonds is 2. The highest BCUT2D eigenvalue weighted by atomic mass is 16.3. The number of carbonyl (C=O) groups is 1. The van der Waals surface area contributed by atoms with Crippen LogP contribution in [0.15, 0.2) is 0 Å². The van der Waals surface area contributed by atoms with Crippen LogP contribution in [0.25, 0.3) is 0 Å². The van der Waals surface area contributed by atoms with Crippen LogP contribution < -0.4 is 0 Å². The molecule has 2 aliphatic rings. The monoisotopic (exact) mass is 284 g/mol. The normalized spacial score (nSPS) is 31.6. The van der Waals surface area contributed by atoms with E-state index in [0.717, 1.165) is 43.6 Å². The van der Waals surface area contributed by atoms with Crippen molar-refractivity contribution in [3.8, 4) is 0 Å². The van der Waals surface area contributed by atoms with E-state index in [1.54, 1.807) is 0 Å². The van der Waals surface area contributed by atoms with E-state index in [1.165, 1.54) is 0 Å². The number of hydrogen-bond donors (Lipinski definition) is 1. The predicted molar refractivity (Wildman–Crippen MR) is 79.2 cm³/mol. The number of likely N-dealkylation sites (tertiary alicyclic amines) is 1. The van der Waals surface area contributed by atoms with Crippen molar-refractivity contribution in [2.45, 2.75) is 32.4 Å². The van der Waals surface area contributed by atoms with Crippen LogP contribution in [0.1, 0.15) is 20.3 Å². The minimum absolute atomic E-state index is 0.167. The molecule has 0 aliphatic carbocycles. The van der Waals surface area contributed by atoms with Gasteiger partial charge < -0.3 is 14.5 Å². The second-order valence-corrected chi connectivity index (χ2v) is 7.26. The highest BCUT2D eigenvalue weighted by Crippen LogP contribution is 2.23. The Morgan fingerprint density at radius 1 is 1.20 bits per heavy atom. The summed E-state index contributed by atoms with van der Waals surface area (Å²) < 4.78 is 0.812. The van der Waals surface area contributed by atoms with Gasteiger partial charge in [0.05, 0.1) is 26.6 Å². The molecule has 2 rings (SSSR count). The van der Waals surface area contributed by atoms with Gasteiger partial charge in [-0.2, -0.15) is 0 Å². The fraction of sp³-hybridized carbons (Fsp3) is 0.933. The molecule has 0 aromatic rings. The SMILES string of the molecule is CC(C)N1CCN(C(=O)C2CC[N+](C)(C)CC2O)CC1. The molecular weight excluding hydrogens is 254 g/mol. The topological polar surface area (TPSA) is 43.8 Å². The summed E-state index contributed by atoms with van der Waals surface area (Å²) in [5, 5.41) is 10.3. The lowest BCUT2D eigenvalue weighted by molar-refractivity contribution is -0.899. The lowest BCUT2D eigenvalue weighted by atomic mass is 9.91. The number of amides is 1. The number of likely N-dealkylation sites (N-methyl/N-ethyl adjacent to an activating group) is 1. The summed E-state index contributed by atoms with van der Waals surface area (Å²) in [4.78, 5) is 17.0. The summed E-state index contributed by atoms with van der Waals surface area (Å²) in [6.07, 6.45) is 0.312. The summed E-state index contributed by atoms with van der Waals surface area (Å²) >= 11 is 0. The highest BCUT2D eigenvalue weighted by Gasteiger charge is 2.40. The van der Waals surface area contributed by atoms with Gasteiger partial charge in [-0.15, -0.1) is 0 Å². The molecule has 0 aromatic heterocycles. The van der Waals surface area contributed by atoms with Crippen molar-refractivity contribution < 1.29 is 14.4 Å². The van der Waals surface area contributed by atoms with Crippen molar-refractivity contribution in [3.05, 3.63) is 0 Å². The molecule has 2 aliphatic heterocycles. The molecule has 1 N–H and O–H groups in total. The molecule has 0 bridgehead atoms. The second-order valence-electron chi connectivity index (χ2n) is 7.26. The average molecular weight is 284 g/mol. The highest BCUT2D eigenvalue weighted by molar-refractivity contribution is 5.79. The Balaban J connectivity index is 1.89. The van der Waals surface area contributed by atoms with Gasteiger partial charge in [-0.1, -0.05) is 0 Å². The number of nitrogens with zero attached hydrogens (tertiary/aromatic N) is 3. The fourth-order valence-electron chi connectivity index (χ4n) is 3.39. The third-order valence-corrected chi connectivity index (χ3v) is 4.86. The number of carbonyl (C=O) groups excluding carboxylic acids is 1. The number of aliphatic hydroxyl groups excluding tert-OH is 1. The minimum atomic E-state index is -0.491. The summed E-state index contributed by atoms with van der Waals surface area (Å²) in [5.74, 6) is -0.0210. The number of hydrogen-bond acceptors (Lipinski definition) is 3. The van der Waals surface area contributed by atoms with Crippen LogP contribution >= 0.6 is 0 Å². The Kier molecular flexibility index (Phi) is 4.72. The van der Waals surface area contributed by atoms with Crippen LogP contribution in [0.4, 0.5) is 0 Å². The summed E-state index contributed by atoms with van der Waals surface area (Å²) in [6, 6.07) is 0.547. The Hall–Kier alpha value is -0.650. The molecule has 20 heavy (non-hydrogen) atoms. The van der Waals surface area contributed by atoms with E-state index in [2.05, 4.69) is 32.8 Å². The zero-order chi connectivity index (χ0) is 14.9. The first-order chi connectivity index (χ1) is 9.30. The largest absolute Gasteiger partial charge is 0.386 e. The zero-order valence-corrected chi connectivity index (χ0v) is 13.4. The summed E-state index contributed by atoms with van der Waals surface area (Å²) in [6.45, 7) is 9.56. The van der Waals surface area contributed by atoms with Crippen molar-refractivity contribution in [2.75, 3.05) is 53.4 Å². The Bertz CT molecular complexity index is 349. The van der Waals surface area contributed by atoms with Crippen LogP contribution in [-0.4, -0.2) is 90.8 Å². The number of piperidine rings is 1. The maximum absolute atomic E-state index is 12.6. The molecule has 0 radical (unpaired) electrons. The molecule has 2 atom stereocenters. The Morgan fingerprint density at radius 2 is 1.80 bits per heavy atom. The summed E-state index contributed by atoms with van der Waals surface area (Å²) in [7, 11) is 4.23. The maximum Gasteiger partial charge on any atom is 0.228 e. The van der Waals surface area contributed by atoms with Crippen molar-refractivity contribution in [3.63, 3.8) is 0 Å². The van der Waals surface area contributed by atoms with E-state index >= 15 is 0 Å². The van der Waals surface area contributed by atoms with E-state index in [0.29, 0.717) is 12.6 Å². The Morgan fingerprint density at radius 3 is 2.30 bits per heavy atom.